The zero-order valence-electron chi connectivity index (χ0n) is 21.2. The third-order valence-corrected chi connectivity index (χ3v) is 6.17. The first kappa shape index (κ1) is 25.9. The van der Waals surface area contributed by atoms with E-state index in [4.69, 9.17) is 20.7 Å². The molecule has 198 valence electrons. The molecule has 5 amide bonds. The Morgan fingerprint density at radius 3 is 2.24 bits per heavy atom. The summed E-state index contributed by atoms with van der Waals surface area (Å²) in [5.41, 5.74) is 0.285. The summed E-state index contributed by atoms with van der Waals surface area (Å²) >= 11 is 0. The number of piperazine rings is 2. The average molecular weight is 514 g/mol. The quantitative estimate of drug-likeness (QED) is 0.442. The van der Waals surface area contributed by atoms with E-state index in [1.807, 2.05) is 24.3 Å². The van der Waals surface area contributed by atoms with Crippen molar-refractivity contribution in [3.05, 3.63) is 24.3 Å². The summed E-state index contributed by atoms with van der Waals surface area (Å²) in [5, 5.41) is 0.507. The van der Waals surface area contributed by atoms with Crippen LogP contribution in [0.5, 0.6) is 5.75 Å². The Bertz CT molecular complexity index is 1090. The molecule has 0 saturated carbocycles. The fourth-order valence-corrected chi connectivity index (χ4v) is 4.31. The van der Waals surface area contributed by atoms with Crippen molar-refractivity contribution in [3.8, 4) is 18.1 Å². The Balaban J connectivity index is 1.29. The number of anilines is 1. The third kappa shape index (κ3) is 5.82. The van der Waals surface area contributed by atoms with Gasteiger partial charge < -0.3 is 33.9 Å². The van der Waals surface area contributed by atoms with Gasteiger partial charge in [-0.1, -0.05) is 11.0 Å². The maximum absolute atomic E-state index is 12.9. The van der Waals surface area contributed by atoms with Crippen LogP contribution in [0.25, 0.3) is 0 Å². The highest BCUT2D eigenvalue weighted by molar-refractivity contribution is 6.04. The van der Waals surface area contributed by atoms with Crippen LogP contribution in [0.2, 0.25) is 0 Å². The minimum atomic E-state index is -0.925. The summed E-state index contributed by atoms with van der Waals surface area (Å²) in [6.45, 7) is 7.55. The van der Waals surface area contributed by atoms with Gasteiger partial charge in [-0.3, -0.25) is 4.79 Å². The lowest BCUT2D eigenvalue weighted by atomic mass is 10.2. The van der Waals surface area contributed by atoms with Crippen LogP contribution < -0.4 is 9.64 Å². The molecular formula is C25H31N5O7. The molecule has 0 aromatic heterocycles. The maximum Gasteiger partial charge on any atom is 0.434 e. The molecule has 0 spiro atoms. The van der Waals surface area contributed by atoms with Crippen LogP contribution in [0.1, 0.15) is 20.8 Å². The molecule has 1 atom stereocenters. The molecule has 3 aliphatic heterocycles. The Hall–Kier alpha value is -4.14. The van der Waals surface area contributed by atoms with Crippen LogP contribution in [-0.2, 0) is 14.4 Å². The molecular weight excluding hydrogens is 482 g/mol. The van der Waals surface area contributed by atoms with Crippen molar-refractivity contribution in [1.82, 2.24) is 19.8 Å². The smallest absolute Gasteiger partial charge is 0.434 e. The number of fused-ring (bicyclic) bond motifs is 1. The van der Waals surface area contributed by atoms with Gasteiger partial charge in [-0.25, -0.2) is 14.4 Å². The summed E-state index contributed by atoms with van der Waals surface area (Å²) in [7, 11) is 0. The van der Waals surface area contributed by atoms with Gasteiger partial charge in [0.15, 0.2) is 0 Å². The number of rotatable bonds is 4. The Morgan fingerprint density at radius 1 is 0.973 bits per heavy atom. The highest BCUT2D eigenvalue weighted by Crippen LogP contribution is 2.25. The average Bonchev–Trinajstić information content (AvgIpc) is 3.11. The SMILES string of the molecule is C#CCOc1ccc(N2CCN(C(=O)ON3C(=O)[C@@H]4CN(C(=O)OC(C)(C)C)CCN4C3=O)CC2)cc1. The molecule has 4 rings (SSSR count). The summed E-state index contributed by atoms with van der Waals surface area (Å²) in [4.78, 5) is 62.3. The van der Waals surface area contributed by atoms with E-state index in [1.54, 1.807) is 20.8 Å². The Morgan fingerprint density at radius 2 is 1.62 bits per heavy atom. The largest absolute Gasteiger partial charge is 0.481 e. The van der Waals surface area contributed by atoms with Crippen LogP contribution in [0.3, 0.4) is 0 Å². The number of benzene rings is 1. The van der Waals surface area contributed by atoms with Gasteiger partial charge in [0, 0.05) is 45.0 Å². The lowest BCUT2D eigenvalue weighted by molar-refractivity contribution is -0.152. The minimum Gasteiger partial charge on any atom is -0.481 e. The topological polar surface area (TPSA) is 112 Å². The normalized spacial score (nSPS) is 19.9. The molecule has 0 N–H and O–H groups in total. The number of imide groups is 1. The van der Waals surface area contributed by atoms with Crippen molar-refractivity contribution in [1.29, 1.82) is 0 Å². The van der Waals surface area contributed by atoms with E-state index in [2.05, 4.69) is 10.8 Å². The minimum absolute atomic E-state index is 0.0290. The van der Waals surface area contributed by atoms with Crippen molar-refractivity contribution in [2.45, 2.75) is 32.4 Å². The predicted octanol–water partition coefficient (Wildman–Crippen LogP) is 1.76. The van der Waals surface area contributed by atoms with Gasteiger partial charge in [0.1, 0.15) is 24.0 Å². The molecule has 12 nitrogen and oxygen atoms in total. The lowest BCUT2D eigenvalue weighted by Gasteiger charge is -2.35. The van der Waals surface area contributed by atoms with Crippen LogP contribution >= 0.6 is 0 Å². The number of hydroxylamine groups is 2. The molecule has 1 aromatic carbocycles. The van der Waals surface area contributed by atoms with Gasteiger partial charge in [-0.15, -0.1) is 6.42 Å². The van der Waals surface area contributed by atoms with Crippen LogP contribution in [0.4, 0.5) is 20.1 Å². The van der Waals surface area contributed by atoms with E-state index in [9.17, 15) is 19.2 Å². The number of carbonyl (C=O) groups is 4. The molecule has 0 bridgehead atoms. The molecule has 3 aliphatic rings. The number of ether oxygens (including phenoxy) is 2. The summed E-state index contributed by atoms with van der Waals surface area (Å²) in [6, 6.07) is 5.85. The zero-order valence-corrected chi connectivity index (χ0v) is 21.2. The summed E-state index contributed by atoms with van der Waals surface area (Å²) in [5.74, 6) is 2.41. The molecule has 3 fully saturated rings. The monoisotopic (exact) mass is 513 g/mol. The number of hydrogen-bond acceptors (Lipinski definition) is 8. The van der Waals surface area contributed by atoms with Gasteiger partial charge in [0.05, 0.1) is 6.54 Å². The van der Waals surface area contributed by atoms with Crippen molar-refractivity contribution < 1.29 is 33.5 Å². The Labute approximate surface area is 215 Å². The van der Waals surface area contributed by atoms with Crippen molar-refractivity contribution in [2.75, 3.05) is 57.3 Å². The lowest BCUT2D eigenvalue weighted by Crippen LogP contribution is -2.55. The van der Waals surface area contributed by atoms with Crippen LogP contribution in [0.15, 0.2) is 24.3 Å². The molecule has 3 saturated heterocycles. The number of amides is 5. The van der Waals surface area contributed by atoms with E-state index in [0.29, 0.717) is 37.0 Å². The van der Waals surface area contributed by atoms with Crippen molar-refractivity contribution in [2.24, 2.45) is 0 Å². The summed E-state index contributed by atoms with van der Waals surface area (Å²) < 4.78 is 10.8. The van der Waals surface area contributed by atoms with Crippen LogP contribution in [0, 0.1) is 12.3 Å². The fraction of sp³-hybridized carbons (Fsp3) is 0.520. The molecule has 12 heteroatoms. The second-order valence-electron chi connectivity index (χ2n) is 9.87. The van der Waals surface area contributed by atoms with Crippen molar-refractivity contribution in [3.63, 3.8) is 0 Å². The van der Waals surface area contributed by atoms with Crippen molar-refractivity contribution >= 4 is 29.8 Å². The molecule has 0 radical (unpaired) electrons. The maximum atomic E-state index is 12.9. The number of urea groups is 1. The number of nitrogens with zero attached hydrogens (tertiary/aromatic N) is 5. The van der Waals surface area contributed by atoms with E-state index < -0.39 is 35.8 Å². The molecule has 37 heavy (non-hydrogen) atoms. The van der Waals surface area contributed by atoms with E-state index in [-0.39, 0.29) is 26.2 Å². The van der Waals surface area contributed by atoms with Gasteiger partial charge in [-0.2, -0.15) is 0 Å². The van der Waals surface area contributed by atoms with Gasteiger partial charge in [-0.05, 0) is 45.0 Å². The molecule has 0 unspecified atom stereocenters. The first-order chi connectivity index (χ1) is 17.6. The summed E-state index contributed by atoms with van der Waals surface area (Å²) in [6.07, 6.45) is 3.87. The van der Waals surface area contributed by atoms with E-state index in [1.165, 1.54) is 14.7 Å². The van der Waals surface area contributed by atoms with Gasteiger partial charge in [0.25, 0.3) is 5.91 Å². The fourth-order valence-electron chi connectivity index (χ4n) is 4.31. The van der Waals surface area contributed by atoms with Gasteiger partial charge in [0.2, 0.25) is 0 Å². The van der Waals surface area contributed by atoms with E-state index in [0.717, 1.165) is 5.69 Å². The highest BCUT2D eigenvalue weighted by Gasteiger charge is 2.51. The molecule has 1 aromatic rings. The zero-order chi connectivity index (χ0) is 26.7. The second kappa shape index (κ2) is 10.5. The third-order valence-electron chi connectivity index (χ3n) is 6.17. The molecule has 0 aliphatic carbocycles. The number of hydrogen-bond donors (Lipinski definition) is 0. The number of carbonyl (C=O) groups excluding carboxylic acids is 4. The van der Waals surface area contributed by atoms with Gasteiger partial charge >= 0.3 is 18.2 Å². The Kier molecular flexibility index (Phi) is 7.33. The first-order valence-corrected chi connectivity index (χ1v) is 12.1. The standard InChI is InChI=1S/C25H31N5O7/c1-5-16-35-19-8-6-18(7-9-19)26-10-12-27(13-11-26)24(34)37-30-21(31)20-17-28(14-15-29(20)22(30)32)23(33)36-25(2,3)4/h1,6-9,20H,10-17H2,2-4H3/t20-/m0/s1. The highest BCUT2D eigenvalue weighted by atomic mass is 16.7. The molecule has 3 heterocycles. The van der Waals surface area contributed by atoms with Crippen LogP contribution in [-0.4, -0.2) is 108 Å². The number of terminal acetylenes is 1. The predicted molar refractivity (Wildman–Crippen MR) is 132 cm³/mol. The first-order valence-electron chi connectivity index (χ1n) is 12.1. The second-order valence-corrected chi connectivity index (χ2v) is 9.87. The van der Waals surface area contributed by atoms with E-state index >= 15 is 0 Å².